The maximum atomic E-state index is 10.9. The quantitative estimate of drug-likeness (QED) is 0.431. The van der Waals surface area contributed by atoms with Crippen molar-refractivity contribution < 1.29 is 9.72 Å². The van der Waals surface area contributed by atoms with E-state index < -0.39 is 4.92 Å². The number of nitrogens with zero attached hydrogens (tertiary/aromatic N) is 1. The Kier molecular flexibility index (Phi) is 1.36. The highest BCUT2D eigenvalue weighted by atomic mass is 16.6. The molecule has 0 amide bonds. The molecule has 1 fully saturated rings. The lowest BCUT2D eigenvalue weighted by atomic mass is 9.73. The number of allylic oxidation sites excluding steroid dienone is 3. The molecule has 0 spiro atoms. The van der Waals surface area contributed by atoms with E-state index in [1.54, 1.807) is 6.08 Å². The molecular weight excluding hydrogens is 158 g/mol. The third-order valence-corrected chi connectivity index (χ3v) is 2.32. The smallest absolute Gasteiger partial charge is 0.265 e. The molecule has 1 atom stereocenters. The molecule has 0 saturated heterocycles. The number of carbonyl (C=O) groups excluding carboxylic acids is 1. The molecule has 2 rings (SSSR count). The number of ketones is 1. The summed E-state index contributed by atoms with van der Waals surface area (Å²) in [6, 6.07) is 0. The van der Waals surface area contributed by atoms with Gasteiger partial charge in [-0.2, -0.15) is 0 Å². The van der Waals surface area contributed by atoms with Crippen molar-refractivity contribution in [2.45, 2.75) is 12.8 Å². The molecule has 0 aromatic heterocycles. The highest BCUT2D eigenvalue weighted by Gasteiger charge is 2.36. The van der Waals surface area contributed by atoms with Gasteiger partial charge < -0.3 is 0 Å². The zero-order valence-corrected chi connectivity index (χ0v) is 6.32. The standard InChI is InChI=1S/C8H7NO3/c10-8-3-5-1-2-6(9(11)12)4-7(5)8/h2,4-5H,1,3H2. The Bertz CT molecular complexity index is 327. The van der Waals surface area contributed by atoms with Gasteiger partial charge in [0.05, 0.1) is 4.92 Å². The van der Waals surface area contributed by atoms with Crippen LogP contribution in [0.2, 0.25) is 0 Å². The van der Waals surface area contributed by atoms with Gasteiger partial charge in [-0.1, -0.05) is 0 Å². The van der Waals surface area contributed by atoms with Gasteiger partial charge in [0.25, 0.3) is 5.70 Å². The molecule has 0 aromatic rings. The lowest BCUT2D eigenvalue weighted by Crippen LogP contribution is -2.29. The first-order valence-corrected chi connectivity index (χ1v) is 3.78. The third kappa shape index (κ3) is 0.879. The molecule has 12 heavy (non-hydrogen) atoms. The van der Waals surface area contributed by atoms with Crippen molar-refractivity contribution in [3.63, 3.8) is 0 Å². The van der Waals surface area contributed by atoms with E-state index >= 15 is 0 Å². The van der Waals surface area contributed by atoms with E-state index in [-0.39, 0.29) is 17.4 Å². The summed E-state index contributed by atoms with van der Waals surface area (Å²) in [4.78, 5) is 20.8. The Labute approximate surface area is 68.7 Å². The van der Waals surface area contributed by atoms with Gasteiger partial charge in [-0.05, 0) is 18.4 Å². The average molecular weight is 165 g/mol. The van der Waals surface area contributed by atoms with Crippen LogP contribution in [0.15, 0.2) is 23.4 Å². The molecule has 1 saturated carbocycles. The summed E-state index contributed by atoms with van der Waals surface area (Å²) in [6.07, 6.45) is 4.20. The van der Waals surface area contributed by atoms with Crippen molar-refractivity contribution in [1.29, 1.82) is 0 Å². The molecule has 62 valence electrons. The number of Topliss-reactive ketones (excluding diaryl/α,β-unsaturated/α-hetero) is 1. The predicted octanol–water partition coefficient (Wildman–Crippen LogP) is 1.07. The number of rotatable bonds is 1. The Morgan fingerprint density at radius 1 is 1.58 bits per heavy atom. The topological polar surface area (TPSA) is 60.2 Å². The molecule has 2 aliphatic rings. The minimum Gasteiger partial charge on any atom is -0.295 e. The molecule has 1 unspecified atom stereocenters. The van der Waals surface area contributed by atoms with Crippen LogP contribution >= 0.6 is 0 Å². The van der Waals surface area contributed by atoms with Gasteiger partial charge in [-0.25, -0.2) is 0 Å². The van der Waals surface area contributed by atoms with Crippen LogP contribution in [-0.4, -0.2) is 10.7 Å². The van der Waals surface area contributed by atoms with E-state index in [9.17, 15) is 14.9 Å². The van der Waals surface area contributed by atoms with E-state index in [0.717, 1.165) is 0 Å². The van der Waals surface area contributed by atoms with Crippen LogP contribution < -0.4 is 0 Å². The molecule has 0 bridgehead atoms. The normalized spacial score (nSPS) is 26.7. The summed E-state index contributed by atoms with van der Waals surface area (Å²) in [5, 5.41) is 10.3. The lowest BCUT2D eigenvalue weighted by molar-refractivity contribution is -0.419. The molecule has 0 heterocycles. The number of carbonyl (C=O) groups is 1. The van der Waals surface area contributed by atoms with Crippen LogP contribution in [0.25, 0.3) is 0 Å². The molecular formula is C8H7NO3. The highest BCUT2D eigenvalue weighted by Crippen LogP contribution is 2.37. The molecule has 4 nitrogen and oxygen atoms in total. The number of hydrogen-bond donors (Lipinski definition) is 0. The van der Waals surface area contributed by atoms with Gasteiger partial charge in [0.15, 0.2) is 5.78 Å². The van der Waals surface area contributed by atoms with Crippen molar-refractivity contribution >= 4 is 5.78 Å². The van der Waals surface area contributed by atoms with Gasteiger partial charge in [-0.3, -0.25) is 14.9 Å². The van der Waals surface area contributed by atoms with E-state index in [0.29, 0.717) is 18.4 Å². The van der Waals surface area contributed by atoms with Crippen LogP contribution in [0.5, 0.6) is 0 Å². The van der Waals surface area contributed by atoms with Gasteiger partial charge in [0, 0.05) is 18.1 Å². The van der Waals surface area contributed by atoms with Crippen LogP contribution in [-0.2, 0) is 4.79 Å². The molecule has 0 aromatic carbocycles. The van der Waals surface area contributed by atoms with E-state index in [1.165, 1.54) is 6.08 Å². The largest absolute Gasteiger partial charge is 0.295 e. The summed E-state index contributed by atoms with van der Waals surface area (Å²) in [7, 11) is 0. The van der Waals surface area contributed by atoms with Crippen LogP contribution in [0.4, 0.5) is 0 Å². The fourth-order valence-corrected chi connectivity index (χ4v) is 1.57. The number of hydrogen-bond acceptors (Lipinski definition) is 3. The van der Waals surface area contributed by atoms with Crippen LogP contribution in [0, 0.1) is 16.0 Å². The Hall–Kier alpha value is -1.45. The molecule has 0 N–H and O–H groups in total. The monoisotopic (exact) mass is 165 g/mol. The zero-order valence-electron chi connectivity index (χ0n) is 6.32. The zero-order chi connectivity index (χ0) is 8.72. The SMILES string of the molecule is O=C1CC2CC=C([N+](=O)[O-])C=C12. The van der Waals surface area contributed by atoms with Gasteiger partial charge >= 0.3 is 0 Å². The van der Waals surface area contributed by atoms with E-state index in [4.69, 9.17) is 0 Å². The van der Waals surface area contributed by atoms with Gasteiger partial charge in [0.1, 0.15) is 0 Å². The summed E-state index contributed by atoms with van der Waals surface area (Å²) < 4.78 is 0. The maximum Gasteiger partial charge on any atom is 0.265 e. The van der Waals surface area contributed by atoms with Crippen molar-refractivity contribution in [2.75, 3.05) is 0 Å². The third-order valence-electron chi connectivity index (χ3n) is 2.32. The minimum absolute atomic E-state index is 0.0625. The minimum atomic E-state index is -0.450. The fourth-order valence-electron chi connectivity index (χ4n) is 1.57. The van der Waals surface area contributed by atoms with Crippen LogP contribution in [0.3, 0.4) is 0 Å². The van der Waals surface area contributed by atoms with Crippen molar-refractivity contribution in [1.82, 2.24) is 0 Å². The summed E-state index contributed by atoms with van der Waals surface area (Å²) in [5.74, 6) is 0.327. The summed E-state index contributed by atoms with van der Waals surface area (Å²) in [5.41, 5.74) is 0.707. The number of fused-ring (bicyclic) bond motifs is 1. The fraction of sp³-hybridized carbons (Fsp3) is 0.375. The maximum absolute atomic E-state index is 10.9. The Morgan fingerprint density at radius 2 is 2.33 bits per heavy atom. The van der Waals surface area contributed by atoms with Gasteiger partial charge in [0.2, 0.25) is 0 Å². The van der Waals surface area contributed by atoms with Crippen molar-refractivity contribution in [2.24, 2.45) is 5.92 Å². The predicted molar refractivity (Wildman–Crippen MR) is 40.9 cm³/mol. The van der Waals surface area contributed by atoms with Crippen LogP contribution in [0.1, 0.15) is 12.8 Å². The first-order chi connectivity index (χ1) is 5.68. The Balaban J connectivity index is 2.28. The Morgan fingerprint density at radius 3 is 2.92 bits per heavy atom. The lowest BCUT2D eigenvalue weighted by Gasteiger charge is -2.28. The molecule has 0 radical (unpaired) electrons. The first kappa shape index (κ1) is 7.21. The second-order valence-electron chi connectivity index (χ2n) is 3.05. The molecule has 0 aliphatic heterocycles. The highest BCUT2D eigenvalue weighted by molar-refractivity contribution is 6.03. The summed E-state index contributed by atoms with van der Waals surface area (Å²) >= 11 is 0. The van der Waals surface area contributed by atoms with Gasteiger partial charge in [-0.15, -0.1) is 0 Å². The van der Waals surface area contributed by atoms with E-state index in [2.05, 4.69) is 0 Å². The second-order valence-corrected chi connectivity index (χ2v) is 3.05. The molecule has 4 heteroatoms. The second kappa shape index (κ2) is 2.27. The van der Waals surface area contributed by atoms with Crippen molar-refractivity contribution in [3.05, 3.63) is 33.5 Å². The average Bonchev–Trinajstić information content (AvgIpc) is 2.02. The molecule has 2 aliphatic carbocycles. The van der Waals surface area contributed by atoms with E-state index in [1.807, 2.05) is 0 Å². The summed E-state index contributed by atoms with van der Waals surface area (Å²) in [6.45, 7) is 0. The van der Waals surface area contributed by atoms with Crippen molar-refractivity contribution in [3.8, 4) is 0 Å². The first-order valence-electron chi connectivity index (χ1n) is 3.78. The number of nitro groups is 1.